The molecule has 0 bridgehead atoms. The number of rotatable bonds is 3. The van der Waals surface area contributed by atoms with Crippen molar-refractivity contribution in [3.8, 4) is 11.4 Å². The molecule has 0 aliphatic heterocycles. The third-order valence-corrected chi connectivity index (χ3v) is 3.29. The summed E-state index contributed by atoms with van der Waals surface area (Å²) < 4.78 is 38.8. The van der Waals surface area contributed by atoms with Crippen molar-refractivity contribution in [2.75, 3.05) is 5.73 Å². The lowest BCUT2D eigenvalue weighted by Crippen LogP contribution is -2.17. The normalized spacial score (nSPS) is 11.6. The molecule has 0 spiro atoms. The highest BCUT2D eigenvalue weighted by molar-refractivity contribution is 5.60. The molecule has 0 atom stereocenters. The number of aromatic amines is 1. The van der Waals surface area contributed by atoms with Crippen LogP contribution in [-0.4, -0.2) is 19.7 Å². The van der Waals surface area contributed by atoms with Crippen molar-refractivity contribution in [3.63, 3.8) is 0 Å². The lowest BCUT2D eigenvalue weighted by molar-refractivity contribution is -0.212. The maximum absolute atomic E-state index is 13.0. The van der Waals surface area contributed by atoms with Crippen LogP contribution in [-0.2, 0) is 12.7 Å². The van der Waals surface area contributed by atoms with Gasteiger partial charge < -0.3 is 5.73 Å². The fourth-order valence-electron chi connectivity index (χ4n) is 2.30. The van der Waals surface area contributed by atoms with Crippen LogP contribution in [0.2, 0.25) is 0 Å². The Kier molecular flexibility index (Phi) is 3.84. The number of benzene rings is 1. The lowest BCUT2D eigenvalue weighted by atomic mass is 10.0. The van der Waals surface area contributed by atoms with Gasteiger partial charge in [-0.05, 0) is 5.56 Å². The van der Waals surface area contributed by atoms with Crippen LogP contribution in [0, 0.1) is 0 Å². The summed E-state index contributed by atoms with van der Waals surface area (Å²) >= 11 is 0. The number of nitrogens with two attached hydrogens (primary N) is 1. The first kappa shape index (κ1) is 15.8. The third kappa shape index (κ3) is 3.29. The summed E-state index contributed by atoms with van der Waals surface area (Å²) in [6.07, 6.45) is -3.57. The second-order valence-electron chi connectivity index (χ2n) is 5.09. The van der Waals surface area contributed by atoms with Crippen LogP contribution in [0.25, 0.3) is 11.4 Å². The molecule has 0 saturated carbocycles. The van der Waals surface area contributed by atoms with E-state index < -0.39 is 11.9 Å². The number of anilines is 1. The van der Waals surface area contributed by atoms with Crippen LogP contribution in [0.15, 0.2) is 47.4 Å². The quantitative estimate of drug-likeness (QED) is 0.768. The van der Waals surface area contributed by atoms with Gasteiger partial charge in [-0.2, -0.15) is 9.78 Å². The molecule has 1 aromatic carbocycles. The molecule has 0 aliphatic carbocycles. The zero-order valence-electron chi connectivity index (χ0n) is 12.2. The molecule has 0 amide bonds. The third-order valence-electron chi connectivity index (χ3n) is 3.29. The molecule has 0 fully saturated rings. The number of nitrogen functional groups attached to an aromatic ring is 1. The Bertz CT molecular complexity index is 915. The molecule has 0 saturated heterocycles. The number of aromatic nitrogens is 4. The number of hydrogen-bond donors (Lipinski definition) is 2. The maximum Gasteiger partial charge on any atom is 0.504 e. The van der Waals surface area contributed by atoms with Crippen molar-refractivity contribution < 1.29 is 13.2 Å². The topological polar surface area (TPSA) is 89.6 Å². The fourth-order valence-corrected chi connectivity index (χ4v) is 2.30. The minimum atomic E-state index is -4.67. The van der Waals surface area contributed by atoms with Crippen LogP contribution in [0.4, 0.5) is 19.1 Å². The minimum Gasteiger partial charge on any atom is -0.369 e. The van der Waals surface area contributed by atoms with E-state index in [1.807, 2.05) is 6.07 Å². The molecule has 9 heteroatoms. The van der Waals surface area contributed by atoms with Crippen molar-refractivity contribution in [3.05, 3.63) is 64.1 Å². The van der Waals surface area contributed by atoms with Crippen molar-refractivity contribution >= 4 is 5.95 Å². The summed E-state index contributed by atoms with van der Waals surface area (Å²) in [7, 11) is 0. The first-order valence-electron chi connectivity index (χ1n) is 6.90. The fraction of sp³-hybridized carbons (Fsp3) is 0.133. The second kappa shape index (κ2) is 5.84. The van der Waals surface area contributed by atoms with Gasteiger partial charge in [0.05, 0.1) is 0 Å². The van der Waals surface area contributed by atoms with E-state index in [0.29, 0.717) is 0 Å². The Morgan fingerprint density at radius 2 is 1.92 bits per heavy atom. The standard InChI is InChI=1S/C15H12F3N5O/c16-15(17,18)23-8-10(6-9-4-2-1-3-5-9)13(22-23)11-7-12(24)21-14(19)20-11/h1-5,7-8H,6H2,(H3,19,20,21,24). The molecule has 0 unspecified atom stereocenters. The maximum atomic E-state index is 13.0. The first-order valence-corrected chi connectivity index (χ1v) is 6.90. The van der Waals surface area contributed by atoms with Crippen LogP contribution < -0.4 is 11.3 Å². The molecule has 3 aromatic rings. The molecule has 0 radical (unpaired) electrons. The van der Waals surface area contributed by atoms with Crippen molar-refractivity contribution in [1.82, 2.24) is 19.7 Å². The molecule has 2 heterocycles. The highest BCUT2D eigenvalue weighted by atomic mass is 19.4. The summed E-state index contributed by atoms with van der Waals surface area (Å²) in [6, 6.07) is 10.0. The van der Waals surface area contributed by atoms with Crippen molar-refractivity contribution in [1.29, 1.82) is 0 Å². The number of H-pyrrole nitrogens is 1. The summed E-state index contributed by atoms with van der Waals surface area (Å²) in [6.45, 7) is 0. The average molecular weight is 335 g/mol. The van der Waals surface area contributed by atoms with Crippen LogP contribution in [0.3, 0.4) is 0 Å². The summed E-state index contributed by atoms with van der Waals surface area (Å²) in [5.74, 6) is -0.190. The summed E-state index contributed by atoms with van der Waals surface area (Å²) in [5, 5.41) is 3.55. The Morgan fingerprint density at radius 3 is 2.54 bits per heavy atom. The van der Waals surface area contributed by atoms with E-state index >= 15 is 0 Å². The predicted octanol–water partition coefficient (Wildman–Crippen LogP) is 2.28. The number of halogens is 3. The molecule has 6 nitrogen and oxygen atoms in total. The Labute approximate surface area is 133 Å². The summed E-state index contributed by atoms with van der Waals surface area (Å²) in [5.41, 5.74) is 5.95. The second-order valence-corrected chi connectivity index (χ2v) is 5.09. The first-order chi connectivity index (χ1) is 11.3. The molecular formula is C15H12F3N5O. The van der Waals surface area contributed by atoms with E-state index in [1.165, 1.54) is 0 Å². The molecule has 3 rings (SSSR count). The van der Waals surface area contributed by atoms with Crippen LogP contribution in [0.5, 0.6) is 0 Å². The van der Waals surface area contributed by atoms with Gasteiger partial charge >= 0.3 is 6.30 Å². The summed E-state index contributed by atoms with van der Waals surface area (Å²) in [4.78, 5) is 17.6. The van der Waals surface area contributed by atoms with Gasteiger partial charge in [0.2, 0.25) is 5.95 Å². The Morgan fingerprint density at radius 1 is 1.21 bits per heavy atom. The average Bonchev–Trinajstić information content (AvgIpc) is 2.91. The van der Waals surface area contributed by atoms with Gasteiger partial charge in [0.15, 0.2) is 0 Å². The van der Waals surface area contributed by atoms with E-state index in [4.69, 9.17) is 5.73 Å². The van der Waals surface area contributed by atoms with Crippen LogP contribution in [0.1, 0.15) is 11.1 Å². The van der Waals surface area contributed by atoms with E-state index in [9.17, 15) is 18.0 Å². The highest BCUT2D eigenvalue weighted by Gasteiger charge is 2.33. The van der Waals surface area contributed by atoms with Gasteiger partial charge in [0.1, 0.15) is 11.4 Å². The van der Waals surface area contributed by atoms with E-state index in [-0.39, 0.29) is 34.0 Å². The van der Waals surface area contributed by atoms with Gasteiger partial charge in [-0.3, -0.25) is 9.78 Å². The lowest BCUT2D eigenvalue weighted by Gasteiger charge is -2.04. The van der Waals surface area contributed by atoms with Gasteiger partial charge in [0, 0.05) is 24.2 Å². The van der Waals surface area contributed by atoms with Gasteiger partial charge in [-0.25, -0.2) is 4.98 Å². The number of nitrogens with zero attached hydrogens (tertiary/aromatic N) is 3. The molecule has 2 aromatic heterocycles. The largest absolute Gasteiger partial charge is 0.504 e. The smallest absolute Gasteiger partial charge is 0.369 e. The highest BCUT2D eigenvalue weighted by Crippen LogP contribution is 2.28. The van der Waals surface area contributed by atoms with Crippen LogP contribution >= 0.6 is 0 Å². The SMILES string of the molecule is Nc1nc(-c2nn(C(F)(F)F)cc2Cc2ccccc2)cc(=O)[nH]1. The number of hydrogen-bond acceptors (Lipinski definition) is 4. The van der Waals surface area contributed by atoms with E-state index in [2.05, 4.69) is 15.1 Å². The molecular weight excluding hydrogens is 323 g/mol. The zero-order chi connectivity index (χ0) is 17.3. The predicted molar refractivity (Wildman–Crippen MR) is 81.0 cm³/mol. The van der Waals surface area contributed by atoms with Gasteiger partial charge in [-0.1, -0.05) is 30.3 Å². The molecule has 24 heavy (non-hydrogen) atoms. The molecule has 124 valence electrons. The Balaban J connectivity index is 2.12. The number of alkyl halides is 3. The van der Waals surface area contributed by atoms with E-state index in [0.717, 1.165) is 17.8 Å². The number of nitrogens with one attached hydrogen (secondary N) is 1. The van der Waals surface area contributed by atoms with Gasteiger partial charge in [-0.15, -0.1) is 13.2 Å². The molecule has 0 aliphatic rings. The zero-order valence-corrected chi connectivity index (χ0v) is 12.2. The van der Waals surface area contributed by atoms with E-state index in [1.54, 1.807) is 24.3 Å². The monoisotopic (exact) mass is 335 g/mol. The van der Waals surface area contributed by atoms with Crippen molar-refractivity contribution in [2.24, 2.45) is 0 Å². The molecule has 3 N–H and O–H groups in total. The Hall–Kier alpha value is -3.10. The van der Waals surface area contributed by atoms with Gasteiger partial charge in [0.25, 0.3) is 5.56 Å². The van der Waals surface area contributed by atoms with Crippen molar-refractivity contribution in [2.45, 2.75) is 12.7 Å². The minimum absolute atomic E-state index is 0.00909.